The molecule has 5 nitrogen and oxygen atoms in total. The van der Waals surface area contributed by atoms with Crippen LogP contribution in [0.4, 0.5) is 5.69 Å². The molecule has 0 radical (unpaired) electrons. The molecule has 1 saturated heterocycles. The van der Waals surface area contributed by atoms with Gasteiger partial charge >= 0.3 is 0 Å². The SMILES string of the molecule is CN1CC(=O)N(c2ccccc2C2(CN)CCC2)CC1=O. The molecule has 1 aliphatic carbocycles. The molecule has 1 aromatic rings. The molecule has 0 atom stereocenters. The maximum absolute atomic E-state index is 12.3. The van der Waals surface area contributed by atoms with Crippen molar-refractivity contribution in [3.05, 3.63) is 29.8 Å². The van der Waals surface area contributed by atoms with E-state index in [1.807, 2.05) is 18.2 Å². The van der Waals surface area contributed by atoms with E-state index in [9.17, 15) is 9.59 Å². The molecular formula is C16H21N3O2. The quantitative estimate of drug-likeness (QED) is 0.897. The first-order valence-electron chi connectivity index (χ1n) is 7.41. The van der Waals surface area contributed by atoms with E-state index >= 15 is 0 Å². The Labute approximate surface area is 124 Å². The predicted molar refractivity (Wildman–Crippen MR) is 81.0 cm³/mol. The van der Waals surface area contributed by atoms with Crippen LogP contribution >= 0.6 is 0 Å². The van der Waals surface area contributed by atoms with Gasteiger partial charge in [0.1, 0.15) is 6.54 Å². The second kappa shape index (κ2) is 5.15. The highest BCUT2D eigenvalue weighted by molar-refractivity contribution is 6.05. The zero-order valence-electron chi connectivity index (χ0n) is 12.3. The second-order valence-electron chi connectivity index (χ2n) is 6.08. The number of likely N-dealkylation sites (N-methyl/N-ethyl adjacent to an activating group) is 1. The van der Waals surface area contributed by atoms with Crippen LogP contribution in [0.25, 0.3) is 0 Å². The van der Waals surface area contributed by atoms with Gasteiger partial charge in [-0.2, -0.15) is 0 Å². The lowest BCUT2D eigenvalue weighted by atomic mass is 9.64. The van der Waals surface area contributed by atoms with Gasteiger partial charge < -0.3 is 15.5 Å². The van der Waals surface area contributed by atoms with Gasteiger partial charge in [0.25, 0.3) is 0 Å². The third-order valence-electron chi connectivity index (χ3n) is 4.86. The number of carbonyl (C=O) groups excluding carboxylic acids is 2. The van der Waals surface area contributed by atoms with Gasteiger partial charge in [-0.25, -0.2) is 0 Å². The van der Waals surface area contributed by atoms with Crippen molar-refractivity contribution in [3.8, 4) is 0 Å². The van der Waals surface area contributed by atoms with E-state index in [1.165, 1.54) is 11.3 Å². The highest BCUT2D eigenvalue weighted by Gasteiger charge is 2.41. The number of piperazine rings is 1. The number of rotatable bonds is 3. The summed E-state index contributed by atoms with van der Waals surface area (Å²) in [5.41, 5.74) is 7.95. The predicted octanol–water partition coefficient (Wildman–Crippen LogP) is 0.872. The first-order chi connectivity index (χ1) is 10.1. The maximum Gasteiger partial charge on any atom is 0.247 e. The van der Waals surface area contributed by atoms with Gasteiger partial charge in [0.15, 0.2) is 0 Å². The van der Waals surface area contributed by atoms with E-state index in [0.29, 0.717) is 6.54 Å². The number of nitrogens with two attached hydrogens (primary N) is 1. The fourth-order valence-corrected chi connectivity index (χ4v) is 3.28. The minimum atomic E-state index is -0.0314. The summed E-state index contributed by atoms with van der Waals surface area (Å²) >= 11 is 0. The molecule has 1 aliphatic heterocycles. The molecule has 3 rings (SSSR count). The standard InChI is InChI=1S/C16H21N3O2/c1-18-9-15(21)19(10-14(18)20)13-6-3-2-5-12(13)16(11-17)7-4-8-16/h2-3,5-6H,4,7-11,17H2,1H3. The van der Waals surface area contributed by atoms with Gasteiger partial charge in [0.2, 0.25) is 11.8 Å². The minimum Gasteiger partial charge on any atom is -0.335 e. The van der Waals surface area contributed by atoms with E-state index in [1.54, 1.807) is 11.9 Å². The Bertz CT molecular complexity index is 575. The molecule has 1 heterocycles. The molecule has 1 saturated carbocycles. The Kier molecular flexibility index (Phi) is 3.45. The lowest BCUT2D eigenvalue weighted by Crippen LogP contribution is -2.53. The summed E-state index contributed by atoms with van der Waals surface area (Å²) in [7, 11) is 1.66. The lowest BCUT2D eigenvalue weighted by molar-refractivity contribution is -0.136. The molecule has 2 N–H and O–H groups in total. The van der Waals surface area contributed by atoms with Crippen LogP contribution in [0.15, 0.2) is 24.3 Å². The third-order valence-corrected chi connectivity index (χ3v) is 4.86. The van der Waals surface area contributed by atoms with Crippen LogP contribution in [0.3, 0.4) is 0 Å². The van der Waals surface area contributed by atoms with E-state index in [-0.39, 0.29) is 30.3 Å². The largest absolute Gasteiger partial charge is 0.335 e. The fraction of sp³-hybridized carbons (Fsp3) is 0.500. The first-order valence-corrected chi connectivity index (χ1v) is 7.41. The fourth-order valence-electron chi connectivity index (χ4n) is 3.28. The van der Waals surface area contributed by atoms with Crippen molar-refractivity contribution in [2.75, 3.05) is 31.6 Å². The molecule has 2 amide bonds. The second-order valence-corrected chi connectivity index (χ2v) is 6.08. The van der Waals surface area contributed by atoms with Crippen molar-refractivity contribution >= 4 is 17.5 Å². The van der Waals surface area contributed by atoms with E-state index < -0.39 is 0 Å². The van der Waals surface area contributed by atoms with E-state index in [2.05, 4.69) is 6.07 Å². The highest BCUT2D eigenvalue weighted by atomic mass is 16.2. The molecule has 2 fully saturated rings. The van der Waals surface area contributed by atoms with Crippen LogP contribution in [0, 0.1) is 0 Å². The number of hydrogen-bond acceptors (Lipinski definition) is 3. The lowest BCUT2D eigenvalue weighted by Gasteiger charge is -2.44. The topological polar surface area (TPSA) is 66.6 Å². The number of carbonyl (C=O) groups is 2. The van der Waals surface area contributed by atoms with Gasteiger partial charge in [-0.05, 0) is 24.5 Å². The van der Waals surface area contributed by atoms with Gasteiger partial charge in [-0.3, -0.25) is 9.59 Å². The van der Waals surface area contributed by atoms with Crippen molar-refractivity contribution in [3.63, 3.8) is 0 Å². The molecule has 0 spiro atoms. The summed E-state index contributed by atoms with van der Waals surface area (Å²) in [6, 6.07) is 7.88. The van der Waals surface area contributed by atoms with Gasteiger partial charge in [-0.1, -0.05) is 24.6 Å². The Hall–Kier alpha value is -1.88. The average molecular weight is 287 g/mol. The zero-order chi connectivity index (χ0) is 15.0. The maximum atomic E-state index is 12.3. The van der Waals surface area contributed by atoms with E-state index in [4.69, 9.17) is 5.73 Å². The molecule has 5 heteroatoms. The summed E-state index contributed by atoms with van der Waals surface area (Å²) in [5.74, 6) is -0.0594. The molecular weight excluding hydrogens is 266 g/mol. The summed E-state index contributed by atoms with van der Waals surface area (Å²) < 4.78 is 0. The molecule has 1 aromatic carbocycles. The molecule has 0 bridgehead atoms. The van der Waals surface area contributed by atoms with Crippen LogP contribution in [0.1, 0.15) is 24.8 Å². The molecule has 112 valence electrons. The summed E-state index contributed by atoms with van der Waals surface area (Å²) in [6.45, 7) is 0.843. The van der Waals surface area contributed by atoms with Gasteiger partial charge in [0, 0.05) is 24.7 Å². The Morgan fingerprint density at radius 3 is 2.48 bits per heavy atom. The van der Waals surface area contributed by atoms with Crippen LogP contribution in [0.5, 0.6) is 0 Å². The number of hydrogen-bond donors (Lipinski definition) is 1. The first kappa shape index (κ1) is 14.1. The van der Waals surface area contributed by atoms with Crippen molar-refractivity contribution in [1.29, 1.82) is 0 Å². The molecule has 21 heavy (non-hydrogen) atoms. The monoisotopic (exact) mass is 287 g/mol. The van der Waals surface area contributed by atoms with Crippen LogP contribution in [-0.2, 0) is 15.0 Å². The summed E-state index contributed by atoms with van der Waals surface area (Å²) in [6.07, 6.45) is 3.27. The van der Waals surface area contributed by atoms with Gasteiger partial charge in [-0.15, -0.1) is 0 Å². The van der Waals surface area contributed by atoms with Crippen molar-refractivity contribution in [2.45, 2.75) is 24.7 Å². The Balaban J connectivity index is 1.99. The van der Waals surface area contributed by atoms with Crippen molar-refractivity contribution < 1.29 is 9.59 Å². The summed E-state index contributed by atoms with van der Waals surface area (Å²) in [4.78, 5) is 27.4. The number of nitrogens with zero attached hydrogens (tertiary/aromatic N) is 2. The smallest absolute Gasteiger partial charge is 0.247 e. The minimum absolute atomic E-state index is 0.0245. The van der Waals surface area contributed by atoms with Crippen LogP contribution in [0.2, 0.25) is 0 Å². The zero-order valence-corrected chi connectivity index (χ0v) is 12.3. The molecule has 0 unspecified atom stereocenters. The van der Waals surface area contributed by atoms with E-state index in [0.717, 1.165) is 24.1 Å². The summed E-state index contributed by atoms with van der Waals surface area (Å²) in [5, 5.41) is 0. The normalized spacial score (nSPS) is 21.4. The van der Waals surface area contributed by atoms with Crippen LogP contribution in [-0.4, -0.2) is 43.4 Å². The van der Waals surface area contributed by atoms with Crippen molar-refractivity contribution in [2.24, 2.45) is 5.73 Å². The number of anilines is 1. The van der Waals surface area contributed by atoms with Crippen LogP contribution < -0.4 is 10.6 Å². The molecule has 0 aromatic heterocycles. The Morgan fingerprint density at radius 2 is 1.86 bits per heavy atom. The average Bonchev–Trinajstić information content (AvgIpc) is 2.43. The third kappa shape index (κ3) is 2.21. The number of amides is 2. The van der Waals surface area contributed by atoms with Crippen molar-refractivity contribution in [1.82, 2.24) is 4.90 Å². The van der Waals surface area contributed by atoms with Gasteiger partial charge in [0.05, 0.1) is 6.54 Å². The Morgan fingerprint density at radius 1 is 1.14 bits per heavy atom. The number of benzene rings is 1. The number of para-hydroxylation sites is 1. The highest BCUT2D eigenvalue weighted by Crippen LogP contribution is 2.46. The molecule has 2 aliphatic rings.